The molecule has 0 radical (unpaired) electrons. The summed E-state index contributed by atoms with van der Waals surface area (Å²) in [4.78, 5) is 3.76. The third-order valence-corrected chi connectivity index (χ3v) is 3.05. The van der Waals surface area contributed by atoms with Gasteiger partial charge in [-0.25, -0.2) is 4.98 Å². The summed E-state index contributed by atoms with van der Waals surface area (Å²) in [7, 11) is 0. The molecular weight excluding hydrogens is 321 g/mol. The number of pyridine rings is 1. The largest absolute Gasteiger partial charge is 0.417 e. The average molecular weight is 331 g/mol. The van der Waals surface area contributed by atoms with Gasteiger partial charge in [0.2, 0.25) is 0 Å². The lowest BCUT2D eigenvalue weighted by atomic mass is 10.2. The number of nitrogens with one attached hydrogen (secondary N) is 1. The minimum absolute atomic E-state index is 0.370. The molecule has 0 spiro atoms. The number of hydrogen-bond donors (Lipinski definition) is 1. The van der Waals surface area contributed by atoms with Crippen LogP contribution >= 0.6 is 15.9 Å². The molecule has 0 aliphatic heterocycles. The second-order valence-corrected chi connectivity index (χ2v) is 4.93. The SMILES string of the molecule is Cc1ccc(Br)cc1Nc1ccc(C(F)(F)F)cn1. The molecule has 0 unspecified atom stereocenters. The maximum Gasteiger partial charge on any atom is 0.417 e. The van der Waals surface area contributed by atoms with Crippen molar-refractivity contribution >= 4 is 27.4 Å². The molecule has 1 heterocycles. The van der Waals surface area contributed by atoms with E-state index in [1.54, 1.807) is 0 Å². The van der Waals surface area contributed by atoms with Gasteiger partial charge in [-0.05, 0) is 36.8 Å². The van der Waals surface area contributed by atoms with E-state index in [-0.39, 0.29) is 0 Å². The van der Waals surface area contributed by atoms with Crippen molar-refractivity contribution in [2.45, 2.75) is 13.1 Å². The maximum atomic E-state index is 12.4. The first kappa shape index (κ1) is 13.9. The molecule has 6 heteroatoms. The first-order valence-electron chi connectivity index (χ1n) is 5.43. The van der Waals surface area contributed by atoms with Crippen molar-refractivity contribution in [1.82, 2.24) is 4.98 Å². The summed E-state index contributed by atoms with van der Waals surface area (Å²) in [5, 5.41) is 2.98. The van der Waals surface area contributed by atoms with Crippen molar-refractivity contribution in [3.63, 3.8) is 0 Å². The van der Waals surface area contributed by atoms with Crippen molar-refractivity contribution < 1.29 is 13.2 Å². The normalized spacial score (nSPS) is 11.4. The van der Waals surface area contributed by atoms with E-state index in [1.165, 1.54) is 6.07 Å². The fourth-order valence-corrected chi connectivity index (χ4v) is 1.86. The van der Waals surface area contributed by atoms with Crippen molar-refractivity contribution in [3.05, 3.63) is 52.1 Å². The summed E-state index contributed by atoms with van der Waals surface area (Å²) in [5.74, 6) is 0.370. The van der Waals surface area contributed by atoms with Crippen LogP contribution in [0.2, 0.25) is 0 Å². The Kier molecular flexibility index (Phi) is 3.80. The van der Waals surface area contributed by atoms with Crippen LogP contribution in [0, 0.1) is 6.92 Å². The predicted molar refractivity (Wildman–Crippen MR) is 71.4 cm³/mol. The van der Waals surface area contributed by atoms with E-state index < -0.39 is 11.7 Å². The minimum atomic E-state index is -4.36. The number of alkyl halides is 3. The van der Waals surface area contributed by atoms with Gasteiger partial charge < -0.3 is 5.32 Å². The second-order valence-electron chi connectivity index (χ2n) is 4.01. The van der Waals surface area contributed by atoms with Crippen LogP contribution in [0.25, 0.3) is 0 Å². The van der Waals surface area contributed by atoms with Crippen molar-refractivity contribution in [3.8, 4) is 0 Å². The van der Waals surface area contributed by atoms with Crippen molar-refractivity contribution in [1.29, 1.82) is 0 Å². The lowest BCUT2D eigenvalue weighted by molar-refractivity contribution is -0.137. The molecule has 0 fully saturated rings. The Labute approximate surface area is 116 Å². The fourth-order valence-electron chi connectivity index (χ4n) is 1.50. The first-order chi connectivity index (χ1) is 8.86. The standard InChI is InChI=1S/C13H10BrF3N2/c1-8-2-4-10(14)6-11(8)19-12-5-3-9(7-18-12)13(15,16)17/h2-7H,1H3,(H,18,19). The van der Waals surface area contributed by atoms with Crippen LogP contribution in [0.3, 0.4) is 0 Å². The van der Waals surface area contributed by atoms with Gasteiger partial charge in [0.25, 0.3) is 0 Å². The predicted octanol–water partition coefficient (Wildman–Crippen LogP) is 4.91. The first-order valence-corrected chi connectivity index (χ1v) is 6.22. The van der Waals surface area contributed by atoms with E-state index in [9.17, 15) is 13.2 Å². The summed E-state index contributed by atoms with van der Waals surface area (Å²) in [6.07, 6.45) is -3.55. The Morgan fingerprint density at radius 3 is 2.47 bits per heavy atom. The minimum Gasteiger partial charge on any atom is -0.340 e. The van der Waals surface area contributed by atoms with Gasteiger partial charge in [0, 0.05) is 16.4 Å². The number of benzene rings is 1. The van der Waals surface area contributed by atoms with Crippen LogP contribution in [0.15, 0.2) is 41.0 Å². The van der Waals surface area contributed by atoms with E-state index in [0.29, 0.717) is 5.82 Å². The molecule has 0 saturated carbocycles. The highest BCUT2D eigenvalue weighted by molar-refractivity contribution is 9.10. The lowest BCUT2D eigenvalue weighted by Crippen LogP contribution is -2.06. The van der Waals surface area contributed by atoms with Crippen LogP contribution in [0.5, 0.6) is 0 Å². The van der Waals surface area contributed by atoms with E-state index in [2.05, 4.69) is 26.2 Å². The summed E-state index contributed by atoms with van der Waals surface area (Å²) in [6, 6.07) is 7.94. The lowest BCUT2D eigenvalue weighted by Gasteiger charge is -2.10. The quantitative estimate of drug-likeness (QED) is 0.845. The zero-order valence-corrected chi connectivity index (χ0v) is 11.5. The highest BCUT2D eigenvalue weighted by Crippen LogP contribution is 2.29. The molecule has 1 N–H and O–H groups in total. The van der Waals surface area contributed by atoms with Gasteiger partial charge in [-0.2, -0.15) is 13.2 Å². The summed E-state index contributed by atoms with van der Waals surface area (Å²) in [5.41, 5.74) is 1.01. The molecule has 1 aromatic heterocycles. The Hall–Kier alpha value is -1.56. The van der Waals surface area contributed by atoms with E-state index in [0.717, 1.165) is 28.0 Å². The number of aryl methyl sites for hydroxylation is 1. The third-order valence-electron chi connectivity index (χ3n) is 2.55. The fraction of sp³-hybridized carbons (Fsp3) is 0.154. The van der Waals surface area contributed by atoms with Crippen LogP contribution < -0.4 is 5.32 Å². The summed E-state index contributed by atoms with van der Waals surface area (Å²) in [6.45, 7) is 1.90. The van der Waals surface area contributed by atoms with Gasteiger partial charge in [0.15, 0.2) is 0 Å². The zero-order chi connectivity index (χ0) is 14.0. The monoisotopic (exact) mass is 330 g/mol. The summed E-state index contributed by atoms with van der Waals surface area (Å²) >= 11 is 3.34. The van der Waals surface area contributed by atoms with Crippen LogP contribution in [0.4, 0.5) is 24.7 Å². The number of nitrogens with zero attached hydrogens (tertiary/aromatic N) is 1. The van der Waals surface area contributed by atoms with Gasteiger partial charge in [-0.3, -0.25) is 0 Å². The van der Waals surface area contributed by atoms with Gasteiger partial charge in [-0.1, -0.05) is 22.0 Å². The van der Waals surface area contributed by atoms with Crippen LogP contribution in [0.1, 0.15) is 11.1 Å². The third kappa shape index (κ3) is 3.47. The van der Waals surface area contributed by atoms with Crippen LogP contribution in [-0.2, 0) is 6.18 Å². The Morgan fingerprint density at radius 1 is 1.16 bits per heavy atom. The van der Waals surface area contributed by atoms with Gasteiger partial charge >= 0.3 is 6.18 Å². The molecule has 0 aliphatic carbocycles. The molecule has 0 atom stereocenters. The summed E-state index contributed by atoms with van der Waals surface area (Å²) < 4.78 is 38.1. The molecule has 100 valence electrons. The molecule has 19 heavy (non-hydrogen) atoms. The highest BCUT2D eigenvalue weighted by Gasteiger charge is 2.30. The molecule has 2 aromatic rings. The second kappa shape index (κ2) is 5.21. The highest BCUT2D eigenvalue weighted by atomic mass is 79.9. The number of hydrogen-bond acceptors (Lipinski definition) is 2. The maximum absolute atomic E-state index is 12.4. The number of aromatic nitrogens is 1. The number of anilines is 2. The Balaban J connectivity index is 2.22. The average Bonchev–Trinajstić information content (AvgIpc) is 2.33. The molecule has 0 saturated heterocycles. The van der Waals surface area contributed by atoms with Crippen LogP contribution in [-0.4, -0.2) is 4.98 Å². The Bertz CT molecular complexity index is 579. The molecule has 2 nitrogen and oxygen atoms in total. The van der Waals surface area contributed by atoms with E-state index in [1.807, 2.05) is 25.1 Å². The topological polar surface area (TPSA) is 24.9 Å². The zero-order valence-electron chi connectivity index (χ0n) is 9.92. The molecule has 0 aliphatic rings. The molecule has 0 bridgehead atoms. The molecule has 2 rings (SSSR count). The molecular formula is C13H10BrF3N2. The molecule has 0 amide bonds. The van der Waals surface area contributed by atoms with Crippen molar-refractivity contribution in [2.24, 2.45) is 0 Å². The Morgan fingerprint density at radius 2 is 1.89 bits per heavy atom. The van der Waals surface area contributed by atoms with Gasteiger partial charge in [-0.15, -0.1) is 0 Å². The van der Waals surface area contributed by atoms with E-state index >= 15 is 0 Å². The smallest absolute Gasteiger partial charge is 0.340 e. The van der Waals surface area contributed by atoms with E-state index in [4.69, 9.17) is 0 Å². The van der Waals surface area contributed by atoms with Crippen molar-refractivity contribution in [2.75, 3.05) is 5.32 Å². The number of rotatable bonds is 2. The van der Waals surface area contributed by atoms with Gasteiger partial charge in [0.1, 0.15) is 5.82 Å². The number of halogens is 4. The van der Waals surface area contributed by atoms with Gasteiger partial charge in [0.05, 0.1) is 5.56 Å². The molecule has 1 aromatic carbocycles.